The van der Waals surface area contributed by atoms with E-state index in [9.17, 15) is 9.59 Å². The third-order valence-electron chi connectivity index (χ3n) is 4.14. The highest BCUT2D eigenvalue weighted by Crippen LogP contribution is 2.35. The van der Waals surface area contributed by atoms with Gasteiger partial charge in [0.15, 0.2) is 5.82 Å². The molecule has 1 saturated heterocycles. The van der Waals surface area contributed by atoms with Gasteiger partial charge in [-0.2, -0.15) is 4.98 Å². The maximum Gasteiger partial charge on any atom is 0.239 e. The van der Waals surface area contributed by atoms with E-state index in [-0.39, 0.29) is 17.7 Å². The van der Waals surface area contributed by atoms with Gasteiger partial charge in [-0.1, -0.05) is 17.3 Å². The topological polar surface area (TPSA) is 88.3 Å². The molecule has 0 saturated carbocycles. The predicted octanol–water partition coefficient (Wildman–Crippen LogP) is 2.72. The molecule has 2 heterocycles. The van der Waals surface area contributed by atoms with E-state index >= 15 is 0 Å². The molecule has 0 radical (unpaired) electrons. The van der Waals surface area contributed by atoms with Gasteiger partial charge in [0, 0.05) is 17.9 Å². The molecule has 2 amide bonds. The summed E-state index contributed by atoms with van der Waals surface area (Å²) in [4.78, 5) is 30.2. The van der Waals surface area contributed by atoms with Gasteiger partial charge in [-0.3, -0.25) is 9.59 Å². The van der Waals surface area contributed by atoms with Crippen LogP contribution in [0.3, 0.4) is 0 Å². The SMILES string of the molecule is CC(=O)NC(C)(C)c1noc([C@@H]2CCN(c3ccccc3Br)C2=O)n1. The molecule has 1 aliphatic rings. The van der Waals surface area contributed by atoms with E-state index in [1.165, 1.54) is 6.92 Å². The first-order chi connectivity index (χ1) is 11.8. The van der Waals surface area contributed by atoms with Gasteiger partial charge in [-0.15, -0.1) is 0 Å². The van der Waals surface area contributed by atoms with Crippen LogP contribution in [0.1, 0.15) is 44.8 Å². The van der Waals surface area contributed by atoms with Crippen molar-refractivity contribution >= 4 is 33.4 Å². The number of nitrogens with one attached hydrogen (secondary N) is 1. The summed E-state index contributed by atoms with van der Waals surface area (Å²) in [5, 5.41) is 6.72. The molecular weight excluding hydrogens is 388 g/mol. The second-order valence-electron chi connectivity index (χ2n) is 6.54. The van der Waals surface area contributed by atoms with E-state index in [1.807, 2.05) is 24.3 Å². The molecule has 1 fully saturated rings. The second-order valence-corrected chi connectivity index (χ2v) is 7.40. The Morgan fingerprint density at radius 1 is 1.40 bits per heavy atom. The maximum atomic E-state index is 12.8. The van der Waals surface area contributed by atoms with Crippen molar-refractivity contribution < 1.29 is 14.1 Å². The first-order valence-corrected chi connectivity index (χ1v) is 8.77. The Morgan fingerprint density at radius 2 is 2.12 bits per heavy atom. The second kappa shape index (κ2) is 6.59. The van der Waals surface area contributed by atoms with Crippen molar-refractivity contribution in [3.05, 3.63) is 40.5 Å². The number of nitrogens with zero attached hydrogens (tertiary/aromatic N) is 3. The van der Waals surface area contributed by atoms with E-state index in [0.717, 1.165) is 10.2 Å². The van der Waals surface area contributed by atoms with Crippen molar-refractivity contribution in [2.75, 3.05) is 11.4 Å². The van der Waals surface area contributed by atoms with Gasteiger partial charge < -0.3 is 14.7 Å². The minimum absolute atomic E-state index is 0.0700. The van der Waals surface area contributed by atoms with Crippen molar-refractivity contribution in [1.29, 1.82) is 0 Å². The summed E-state index contributed by atoms with van der Waals surface area (Å²) in [5.74, 6) is -0.0906. The quantitative estimate of drug-likeness (QED) is 0.842. The van der Waals surface area contributed by atoms with Gasteiger partial charge in [0.2, 0.25) is 17.7 Å². The Bertz CT molecular complexity index is 818. The smallest absolute Gasteiger partial charge is 0.239 e. The Morgan fingerprint density at radius 3 is 2.80 bits per heavy atom. The van der Waals surface area contributed by atoms with Crippen LogP contribution in [0.25, 0.3) is 0 Å². The standard InChI is InChI=1S/C17H19BrN4O3/c1-10(23)20-17(2,3)16-19-14(25-21-16)11-8-9-22(15(11)24)13-7-5-4-6-12(13)18/h4-7,11H,8-9H2,1-3H3,(H,20,23)/t11-/m0/s1. The minimum Gasteiger partial charge on any atom is -0.344 e. The number of carbonyl (C=O) groups is 2. The summed E-state index contributed by atoms with van der Waals surface area (Å²) in [7, 11) is 0. The molecule has 8 heteroatoms. The molecule has 1 aromatic heterocycles. The zero-order valence-corrected chi connectivity index (χ0v) is 15.8. The van der Waals surface area contributed by atoms with Crippen LogP contribution in [0.2, 0.25) is 0 Å². The lowest BCUT2D eigenvalue weighted by atomic mass is 10.0. The van der Waals surface area contributed by atoms with Crippen LogP contribution in [0.4, 0.5) is 5.69 Å². The van der Waals surface area contributed by atoms with Crippen molar-refractivity contribution in [2.24, 2.45) is 0 Å². The number of benzene rings is 1. The molecule has 0 spiro atoms. The van der Waals surface area contributed by atoms with Crippen molar-refractivity contribution in [2.45, 2.75) is 38.6 Å². The normalized spacial score (nSPS) is 17.8. The van der Waals surface area contributed by atoms with Crippen LogP contribution in [0.5, 0.6) is 0 Å². The van der Waals surface area contributed by atoms with Crippen LogP contribution in [0.15, 0.2) is 33.3 Å². The molecule has 132 valence electrons. The third-order valence-corrected chi connectivity index (χ3v) is 4.81. The van der Waals surface area contributed by atoms with E-state index < -0.39 is 11.5 Å². The summed E-state index contributed by atoms with van der Waals surface area (Å²) in [5.41, 5.74) is 0.0607. The summed E-state index contributed by atoms with van der Waals surface area (Å²) in [6.07, 6.45) is 0.600. The fourth-order valence-corrected chi connectivity index (χ4v) is 3.44. The number of hydrogen-bond donors (Lipinski definition) is 1. The Balaban J connectivity index is 1.81. The maximum absolute atomic E-state index is 12.8. The highest BCUT2D eigenvalue weighted by atomic mass is 79.9. The van der Waals surface area contributed by atoms with Gasteiger partial charge >= 0.3 is 0 Å². The molecule has 25 heavy (non-hydrogen) atoms. The molecular formula is C17H19BrN4O3. The molecule has 3 rings (SSSR count). The number of anilines is 1. The predicted molar refractivity (Wildman–Crippen MR) is 95.0 cm³/mol. The fraction of sp³-hybridized carbons (Fsp3) is 0.412. The third kappa shape index (κ3) is 3.44. The molecule has 0 bridgehead atoms. The largest absolute Gasteiger partial charge is 0.344 e. The highest BCUT2D eigenvalue weighted by Gasteiger charge is 2.39. The zero-order valence-electron chi connectivity index (χ0n) is 14.2. The lowest BCUT2D eigenvalue weighted by molar-refractivity contribution is -0.121. The van der Waals surface area contributed by atoms with Crippen LogP contribution < -0.4 is 10.2 Å². The van der Waals surface area contributed by atoms with Gasteiger partial charge in [0.25, 0.3) is 0 Å². The van der Waals surface area contributed by atoms with Crippen molar-refractivity contribution in [3.8, 4) is 0 Å². The van der Waals surface area contributed by atoms with Crippen LogP contribution in [0, 0.1) is 0 Å². The van der Waals surface area contributed by atoms with Gasteiger partial charge in [-0.05, 0) is 48.3 Å². The number of aromatic nitrogens is 2. The van der Waals surface area contributed by atoms with E-state index in [1.54, 1.807) is 18.7 Å². The molecule has 1 atom stereocenters. The lowest BCUT2D eigenvalue weighted by Crippen LogP contribution is -2.40. The average molecular weight is 407 g/mol. The number of amides is 2. The van der Waals surface area contributed by atoms with E-state index in [2.05, 4.69) is 31.4 Å². The number of carbonyl (C=O) groups excluding carboxylic acids is 2. The zero-order chi connectivity index (χ0) is 18.2. The molecule has 0 unspecified atom stereocenters. The molecule has 0 aliphatic carbocycles. The van der Waals surface area contributed by atoms with Crippen LogP contribution in [-0.4, -0.2) is 28.5 Å². The molecule has 7 nitrogen and oxygen atoms in total. The number of halogens is 1. The number of rotatable bonds is 4. The molecule has 2 aromatic rings. The van der Waals surface area contributed by atoms with Gasteiger partial charge in [-0.25, -0.2) is 0 Å². The number of hydrogen-bond acceptors (Lipinski definition) is 5. The van der Waals surface area contributed by atoms with E-state index in [0.29, 0.717) is 18.8 Å². The Hall–Kier alpha value is -2.22. The van der Waals surface area contributed by atoms with Crippen molar-refractivity contribution in [1.82, 2.24) is 15.5 Å². The van der Waals surface area contributed by atoms with E-state index in [4.69, 9.17) is 4.52 Å². The summed E-state index contributed by atoms with van der Waals surface area (Å²) in [6, 6.07) is 7.58. The summed E-state index contributed by atoms with van der Waals surface area (Å²) >= 11 is 3.48. The minimum atomic E-state index is -0.766. The molecule has 1 aliphatic heterocycles. The van der Waals surface area contributed by atoms with Crippen molar-refractivity contribution in [3.63, 3.8) is 0 Å². The summed E-state index contributed by atoms with van der Waals surface area (Å²) in [6.45, 7) is 5.58. The Kier molecular flexibility index (Phi) is 4.64. The van der Waals surface area contributed by atoms with Crippen LogP contribution in [-0.2, 0) is 15.1 Å². The van der Waals surface area contributed by atoms with Gasteiger partial charge in [0.05, 0.1) is 11.2 Å². The Labute approximate surface area is 153 Å². The lowest BCUT2D eigenvalue weighted by Gasteiger charge is -2.21. The number of para-hydroxylation sites is 1. The van der Waals surface area contributed by atoms with Gasteiger partial charge in [0.1, 0.15) is 5.92 Å². The monoisotopic (exact) mass is 406 g/mol. The fourth-order valence-electron chi connectivity index (χ4n) is 2.95. The molecule has 1 aromatic carbocycles. The first kappa shape index (κ1) is 17.6. The highest BCUT2D eigenvalue weighted by molar-refractivity contribution is 9.10. The van der Waals surface area contributed by atoms with Crippen LogP contribution >= 0.6 is 15.9 Å². The first-order valence-electron chi connectivity index (χ1n) is 7.98. The molecule has 1 N–H and O–H groups in total. The average Bonchev–Trinajstić information content (AvgIpc) is 3.14. The summed E-state index contributed by atoms with van der Waals surface area (Å²) < 4.78 is 6.19.